The van der Waals surface area contributed by atoms with Crippen molar-refractivity contribution in [3.8, 4) is 0 Å². The van der Waals surface area contributed by atoms with Gasteiger partial charge in [-0.2, -0.15) is 0 Å². The number of hydrogen-bond donors (Lipinski definition) is 1. The fraction of sp³-hybridized carbons (Fsp3) is 0.478. The molecule has 0 bridgehead atoms. The Labute approximate surface area is 152 Å². The molecule has 2 heteroatoms. The van der Waals surface area contributed by atoms with Crippen molar-refractivity contribution in [2.75, 3.05) is 7.05 Å². The van der Waals surface area contributed by atoms with Crippen LogP contribution in [0.5, 0.6) is 0 Å². The van der Waals surface area contributed by atoms with Crippen LogP contribution in [0.25, 0.3) is 0 Å². The summed E-state index contributed by atoms with van der Waals surface area (Å²) in [7, 11) is 2.23. The Hall–Kier alpha value is -1.64. The standard InChI is InChI=1S/C23H31NO/c1-3-4-7-16-20-22(25)17-21(18-12-8-5-9-13-18)24(2)23(20)19-14-10-6-11-15-19/h5-6,8-15,20-23,25H,3-4,7,16-17H2,1-2H3/t20-,21+,22-,23-/m1/s1. The predicted octanol–water partition coefficient (Wildman–Crippen LogP) is 5.36. The Morgan fingerprint density at radius 3 is 2.12 bits per heavy atom. The highest BCUT2D eigenvalue weighted by atomic mass is 16.3. The number of unbranched alkanes of at least 4 members (excludes halogenated alkanes) is 2. The van der Waals surface area contributed by atoms with Crippen molar-refractivity contribution in [3.63, 3.8) is 0 Å². The van der Waals surface area contributed by atoms with Crippen molar-refractivity contribution in [1.82, 2.24) is 4.90 Å². The summed E-state index contributed by atoms with van der Waals surface area (Å²) in [4.78, 5) is 2.49. The number of piperidine rings is 1. The van der Waals surface area contributed by atoms with Gasteiger partial charge in [-0.05, 0) is 31.0 Å². The maximum atomic E-state index is 11.0. The van der Waals surface area contributed by atoms with Gasteiger partial charge in [-0.25, -0.2) is 0 Å². The van der Waals surface area contributed by atoms with Crippen LogP contribution in [-0.4, -0.2) is 23.2 Å². The minimum atomic E-state index is -0.247. The largest absolute Gasteiger partial charge is 0.393 e. The molecule has 3 rings (SSSR count). The number of nitrogens with zero attached hydrogens (tertiary/aromatic N) is 1. The number of likely N-dealkylation sites (tertiary alicyclic amines) is 1. The lowest BCUT2D eigenvalue weighted by Gasteiger charge is -2.47. The Morgan fingerprint density at radius 2 is 1.52 bits per heavy atom. The van der Waals surface area contributed by atoms with E-state index in [9.17, 15) is 5.11 Å². The molecule has 1 N–H and O–H groups in total. The first-order valence-corrected chi connectivity index (χ1v) is 9.72. The Kier molecular flexibility index (Phi) is 6.28. The summed E-state index contributed by atoms with van der Waals surface area (Å²) in [6, 6.07) is 21.9. The van der Waals surface area contributed by atoms with Crippen LogP contribution < -0.4 is 0 Å². The van der Waals surface area contributed by atoms with Crippen LogP contribution in [0.1, 0.15) is 62.2 Å². The molecule has 2 aromatic carbocycles. The van der Waals surface area contributed by atoms with Crippen LogP contribution in [0.3, 0.4) is 0 Å². The second kappa shape index (κ2) is 8.64. The highest BCUT2D eigenvalue weighted by Crippen LogP contribution is 2.45. The molecule has 2 nitrogen and oxygen atoms in total. The van der Waals surface area contributed by atoms with Gasteiger partial charge in [-0.3, -0.25) is 4.90 Å². The highest BCUT2D eigenvalue weighted by molar-refractivity contribution is 5.25. The first-order chi connectivity index (χ1) is 12.2. The molecule has 134 valence electrons. The van der Waals surface area contributed by atoms with Gasteiger partial charge in [0.1, 0.15) is 0 Å². The molecule has 2 aromatic rings. The molecule has 0 aliphatic carbocycles. The summed E-state index contributed by atoms with van der Waals surface area (Å²) in [5.41, 5.74) is 2.63. The summed E-state index contributed by atoms with van der Waals surface area (Å²) < 4.78 is 0. The number of benzene rings is 2. The lowest BCUT2D eigenvalue weighted by molar-refractivity contribution is -0.0445. The topological polar surface area (TPSA) is 23.5 Å². The Morgan fingerprint density at radius 1 is 0.920 bits per heavy atom. The zero-order valence-corrected chi connectivity index (χ0v) is 15.5. The fourth-order valence-electron chi connectivity index (χ4n) is 4.44. The summed E-state index contributed by atoms with van der Waals surface area (Å²) in [6.45, 7) is 2.24. The normalized spacial score (nSPS) is 27.3. The average Bonchev–Trinajstić information content (AvgIpc) is 2.66. The molecule has 1 aliphatic rings. The molecular formula is C23H31NO. The van der Waals surface area contributed by atoms with Crippen molar-refractivity contribution in [1.29, 1.82) is 0 Å². The van der Waals surface area contributed by atoms with Crippen LogP contribution in [0.4, 0.5) is 0 Å². The van der Waals surface area contributed by atoms with Crippen LogP contribution in [0.2, 0.25) is 0 Å². The van der Waals surface area contributed by atoms with E-state index in [0.717, 1.165) is 12.8 Å². The fourth-order valence-corrected chi connectivity index (χ4v) is 4.44. The molecule has 0 amide bonds. The van der Waals surface area contributed by atoms with Gasteiger partial charge in [-0.15, -0.1) is 0 Å². The van der Waals surface area contributed by atoms with Gasteiger partial charge >= 0.3 is 0 Å². The van der Waals surface area contributed by atoms with E-state index in [1.165, 1.54) is 30.4 Å². The van der Waals surface area contributed by atoms with E-state index in [2.05, 4.69) is 79.5 Å². The lowest BCUT2D eigenvalue weighted by atomic mass is 9.76. The monoisotopic (exact) mass is 337 g/mol. The van der Waals surface area contributed by atoms with E-state index in [-0.39, 0.29) is 18.2 Å². The van der Waals surface area contributed by atoms with E-state index in [1.807, 2.05) is 0 Å². The van der Waals surface area contributed by atoms with Crippen LogP contribution in [0.15, 0.2) is 60.7 Å². The molecule has 1 saturated heterocycles. The van der Waals surface area contributed by atoms with Crippen molar-refractivity contribution >= 4 is 0 Å². The van der Waals surface area contributed by atoms with Gasteiger partial charge in [0, 0.05) is 18.0 Å². The Bertz CT molecular complexity index is 627. The molecule has 25 heavy (non-hydrogen) atoms. The summed E-state index contributed by atoms with van der Waals surface area (Å²) >= 11 is 0. The Balaban J connectivity index is 1.90. The third-order valence-electron chi connectivity index (χ3n) is 5.76. The van der Waals surface area contributed by atoms with Gasteiger partial charge in [0.25, 0.3) is 0 Å². The third kappa shape index (κ3) is 4.13. The maximum absolute atomic E-state index is 11.0. The molecule has 0 aromatic heterocycles. The second-order valence-corrected chi connectivity index (χ2v) is 7.41. The molecular weight excluding hydrogens is 306 g/mol. The first-order valence-electron chi connectivity index (χ1n) is 9.72. The summed E-state index contributed by atoms with van der Waals surface area (Å²) in [6.07, 6.45) is 5.34. The van der Waals surface area contributed by atoms with Gasteiger partial charge in [0.15, 0.2) is 0 Å². The average molecular weight is 338 g/mol. The smallest absolute Gasteiger partial charge is 0.0604 e. The van der Waals surface area contributed by atoms with Gasteiger partial charge in [0.05, 0.1) is 6.10 Å². The van der Waals surface area contributed by atoms with Crippen LogP contribution in [-0.2, 0) is 0 Å². The lowest BCUT2D eigenvalue weighted by Crippen LogP contribution is -2.45. The molecule has 0 unspecified atom stereocenters. The molecule has 1 fully saturated rings. The zero-order chi connectivity index (χ0) is 17.6. The molecule has 1 aliphatic heterocycles. The van der Waals surface area contributed by atoms with E-state index in [4.69, 9.17) is 0 Å². The predicted molar refractivity (Wildman–Crippen MR) is 104 cm³/mol. The van der Waals surface area contributed by atoms with Crippen molar-refractivity contribution < 1.29 is 5.11 Å². The first kappa shape index (κ1) is 18.2. The molecule has 0 spiro atoms. The number of hydrogen-bond acceptors (Lipinski definition) is 2. The third-order valence-corrected chi connectivity index (χ3v) is 5.76. The van der Waals surface area contributed by atoms with E-state index in [0.29, 0.717) is 5.92 Å². The van der Waals surface area contributed by atoms with E-state index in [1.54, 1.807) is 0 Å². The van der Waals surface area contributed by atoms with Crippen LogP contribution >= 0.6 is 0 Å². The quantitative estimate of drug-likeness (QED) is 0.717. The highest BCUT2D eigenvalue weighted by Gasteiger charge is 2.41. The van der Waals surface area contributed by atoms with Crippen LogP contribution in [0, 0.1) is 5.92 Å². The summed E-state index contributed by atoms with van der Waals surface area (Å²) in [5.74, 6) is 0.305. The molecule has 0 radical (unpaired) electrons. The molecule has 4 atom stereocenters. The number of aliphatic hydroxyl groups is 1. The van der Waals surface area contributed by atoms with Crippen molar-refractivity contribution in [2.45, 2.75) is 57.2 Å². The molecule has 1 heterocycles. The summed E-state index contributed by atoms with van der Waals surface area (Å²) in [5, 5.41) is 11.0. The van der Waals surface area contributed by atoms with E-state index >= 15 is 0 Å². The minimum Gasteiger partial charge on any atom is -0.393 e. The van der Waals surface area contributed by atoms with E-state index < -0.39 is 0 Å². The molecule has 0 saturated carbocycles. The SMILES string of the molecule is CCCCC[C@@H]1[C@H](O)C[C@@H](c2ccccc2)N(C)[C@@H]1c1ccccc1. The maximum Gasteiger partial charge on any atom is 0.0604 e. The zero-order valence-electron chi connectivity index (χ0n) is 15.5. The number of aliphatic hydroxyl groups excluding tert-OH is 1. The van der Waals surface area contributed by atoms with Gasteiger partial charge in [-0.1, -0.05) is 86.8 Å². The minimum absolute atomic E-state index is 0.247. The number of rotatable bonds is 6. The second-order valence-electron chi connectivity index (χ2n) is 7.41. The van der Waals surface area contributed by atoms with Crippen molar-refractivity contribution in [3.05, 3.63) is 71.8 Å². The van der Waals surface area contributed by atoms with Gasteiger partial charge < -0.3 is 5.11 Å². The van der Waals surface area contributed by atoms with Crippen molar-refractivity contribution in [2.24, 2.45) is 5.92 Å². The van der Waals surface area contributed by atoms with Gasteiger partial charge in [0.2, 0.25) is 0 Å².